The van der Waals surface area contributed by atoms with Crippen molar-refractivity contribution >= 4 is 24.1 Å². The maximum absolute atomic E-state index is 12.4. The molecule has 0 heterocycles. The van der Waals surface area contributed by atoms with Crippen LogP contribution in [0.1, 0.15) is 52.9 Å². The number of benzene rings is 2. The predicted octanol–water partition coefficient (Wildman–Crippen LogP) is 5.96. The fourth-order valence-electron chi connectivity index (χ4n) is 4.36. The van der Waals surface area contributed by atoms with Crippen molar-refractivity contribution in [3.63, 3.8) is 0 Å². The molecule has 56 heavy (non-hydrogen) atoms. The van der Waals surface area contributed by atoms with Crippen molar-refractivity contribution in [3.8, 4) is 17.2 Å². The third-order valence-corrected chi connectivity index (χ3v) is 7.37. The third-order valence-electron chi connectivity index (χ3n) is 7.37. The number of unbranched alkanes of at least 4 members (excludes halogenated alkanes) is 3. The van der Waals surface area contributed by atoms with Crippen LogP contribution >= 0.6 is 0 Å². The number of ether oxygens (including phenoxy) is 9. The Bertz CT molecular complexity index is 1450. The van der Waals surface area contributed by atoms with E-state index in [2.05, 4.69) is 23.8 Å². The van der Waals surface area contributed by atoms with Gasteiger partial charge in [-0.3, -0.25) is 0 Å². The highest BCUT2D eigenvalue weighted by atomic mass is 16.6. The lowest BCUT2D eigenvalue weighted by molar-refractivity contribution is -0.143. The van der Waals surface area contributed by atoms with Gasteiger partial charge in [0.2, 0.25) is 0 Å². The largest absolute Gasteiger partial charge is 0.491 e. The van der Waals surface area contributed by atoms with E-state index in [4.69, 9.17) is 42.6 Å². The van der Waals surface area contributed by atoms with Gasteiger partial charge in [0.05, 0.1) is 33.0 Å². The van der Waals surface area contributed by atoms with Crippen molar-refractivity contribution in [1.29, 1.82) is 0 Å². The molecule has 0 saturated heterocycles. The van der Waals surface area contributed by atoms with E-state index >= 15 is 0 Å². The summed E-state index contributed by atoms with van der Waals surface area (Å²) in [5.41, 5.74) is 0.558. The zero-order valence-electron chi connectivity index (χ0n) is 32.9. The fraction of sp³-hybridized carbons (Fsp3) is 0.512. The van der Waals surface area contributed by atoms with Gasteiger partial charge < -0.3 is 53.3 Å². The van der Waals surface area contributed by atoms with Crippen LogP contribution in [-0.2, 0) is 38.0 Å². The molecule has 0 spiro atoms. The number of rotatable bonds is 30. The molecule has 2 amide bonds. The predicted molar refractivity (Wildman–Crippen MR) is 208 cm³/mol. The van der Waals surface area contributed by atoms with Crippen LogP contribution in [0.25, 0.3) is 0 Å². The standard InChI is InChI=1S/C41H58N2O13/c1-6-7-20-42-40(46)55-36(29-53-33-14-10-8-11-15-33)27-48-23-25-50-34-16-18-35(19-17-34)51-26-24-49-28-37(30-54-39(45)32(4)5)56-41(47)43-21-12-9-13-22-52-38(44)31(2)3/h8,10-11,14-19,36-37H,2,4,6-7,9,12-13,20-30H2,1,3,5H3,(H,42,46)(H,43,47). The Hall–Kier alpha value is -5.28. The number of hydrogen-bond donors (Lipinski definition) is 2. The maximum Gasteiger partial charge on any atom is 0.407 e. The quantitative estimate of drug-likeness (QED) is 0.0412. The van der Waals surface area contributed by atoms with Gasteiger partial charge >= 0.3 is 24.1 Å². The van der Waals surface area contributed by atoms with Crippen LogP contribution < -0.4 is 24.8 Å². The summed E-state index contributed by atoms with van der Waals surface area (Å²) in [5.74, 6) is 0.825. The van der Waals surface area contributed by atoms with Gasteiger partial charge in [-0.1, -0.05) is 44.7 Å². The van der Waals surface area contributed by atoms with Gasteiger partial charge in [-0.25, -0.2) is 19.2 Å². The lowest BCUT2D eigenvalue weighted by Gasteiger charge is -2.19. The average Bonchev–Trinajstić information content (AvgIpc) is 3.18. The number of hydrogen-bond acceptors (Lipinski definition) is 13. The van der Waals surface area contributed by atoms with Gasteiger partial charge in [-0.05, 0) is 75.9 Å². The van der Waals surface area contributed by atoms with Gasteiger partial charge in [0.25, 0.3) is 0 Å². The van der Waals surface area contributed by atoms with Gasteiger partial charge in [-0.15, -0.1) is 0 Å². The summed E-state index contributed by atoms with van der Waals surface area (Å²) >= 11 is 0. The molecule has 0 saturated carbocycles. The second-order valence-electron chi connectivity index (χ2n) is 12.6. The van der Waals surface area contributed by atoms with Crippen LogP contribution in [0.2, 0.25) is 0 Å². The van der Waals surface area contributed by atoms with E-state index in [0.717, 1.165) is 19.3 Å². The minimum absolute atomic E-state index is 0.0394. The number of para-hydroxylation sites is 1. The number of amides is 2. The Morgan fingerprint density at radius 1 is 0.554 bits per heavy atom. The van der Waals surface area contributed by atoms with Crippen LogP contribution in [0.3, 0.4) is 0 Å². The van der Waals surface area contributed by atoms with E-state index in [9.17, 15) is 19.2 Å². The molecule has 310 valence electrons. The van der Waals surface area contributed by atoms with Crippen molar-refractivity contribution in [2.75, 3.05) is 72.6 Å². The van der Waals surface area contributed by atoms with Gasteiger partial charge in [0.15, 0.2) is 12.2 Å². The van der Waals surface area contributed by atoms with Crippen LogP contribution in [0, 0.1) is 0 Å². The molecule has 2 rings (SSSR count). The SMILES string of the molecule is C=C(C)C(=O)OCCCCCNC(=O)OC(COCCOc1ccc(OCCOCC(COc2ccccc2)OC(=O)NCCCC)cc1)COC(=O)C(=C)C. The first-order chi connectivity index (χ1) is 27.1. The van der Waals surface area contributed by atoms with E-state index in [1.807, 2.05) is 37.3 Å². The Balaban J connectivity index is 1.67. The summed E-state index contributed by atoms with van der Waals surface area (Å²) < 4.78 is 49.8. The molecule has 2 aromatic rings. The van der Waals surface area contributed by atoms with E-state index < -0.39 is 36.3 Å². The van der Waals surface area contributed by atoms with Crippen LogP contribution in [0.4, 0.5) is 9.59 Å². The summed E-state index contributed by atoms with van der Waals surface area (Å²) in [6.07, 6.45) is 1.15. The molecule has 2 unspecified atom stereocenters. The summed E-state index contributed by atoms with van der Waals surface area (Å²) in [7, 11) is 0. The molecule has 0 bridgehead atoms. The average molecular weight is 787 g/mol. The fourth-order valence-corrected chi connectivity index (χ4v) is 4.36. The zero-order valence-corrected chi connectivity index (χ0v) is 32.9. The van der Waals surface area contributed by atoms with Gasteiger partial charge in [0, 0.05) is 24.2 Å². The van der Waals surface area contributed by atoms with E-state index in [-0.39, 0.29) is 65.0 Å². The highest BCUT2D eigenvalue weighted by molar-refractivity contribution is 5.87. The summed E-state index contributed by atoms with van der Waals surface area (Å²) in [4.78, 5) is 47.9. The number of alkyl carbamates (subject to hydrolysis) is 2. The molecular weight excluding hydrogens is 728 g/mol. The molecule has 15 nitrogen and oxygen atoms in total. The first-order valence-electron chi connectivity index (χ1n) is 18.8. The molecule has 0 aromatic heterocycles. The monoisotopic (exact) mass is 786 g/mol. The Kier molecular flexibility index (Phi) is 24.3. The highest BCUT2D eigenvalue weighted by Gasteiger charge is 2.19. The van der Waals surface area contributed by atoms with Crippen LogP contribution in [0.15, 0.2) is 78.9 Å². The summed E-state index contributed by atoms with van der Waals surface area (Å²) in [6, 6.07) is 16.3. The third kappa shape index (κ3) is 22.8. The Morgan fingerprint density at radius 2 is 1.05 bits per heavy atom. The second kappa shape index (κ2) is 29.1. The van der Waals surface area contributed by atoms with Crippen molar-refractivity contribution in [3.05, 3.63) is 78.9 Å². The minimum atomic E-state index is -0.864. The number of carbonyl (C=O) groups excluding carboxylic acids is 4. The van der Waals surface area contributed by atoms with Crippen molar-refractivity contribution in [2.45, 2.75) is 65.1 Å². The van der Waals surface area contributed by atoms with Crippen LogP contribution in [-0.4, -0.2) is 109 Å². The molecule has 2 N–H and O–H groups in total. The molecule has 2 atom stereocenters. The zero-order chi connectivity index (χ0) is 40.8. The molecule has 0 aliphatic carbocycles. The Labute approximate surface area is 329 Å². The topological polar surface area (TPSA) is 175 Å². The number of carbonyl (C=O) groups is 4. The minimum Gasteiger partial charge on any atom is -0.491 e. The van der Waals surface area contributed by atoms with E-state index in [1.54, 1.807) is 31.2 Å². The lowest BCUT2D eigenvalue weighted by Crippen LogP contribution is -2.35. The lowest BCUT2D eigenvalue weighted by atomic mass is 10.2. The maximum atomic E-state index is 12.4. The second-order valence-corrected chi connectivity index (χ2v) is 12.6. The van der Waals surface area contributed by atoms with Crippen molar-refractivity contribution < 1.29 is 61.8 Å². The van der Waals surface area contributed by atoms with E-state index in [0.29, 0.717) is 48.8 Å². The summed E-state index contributed by atoms with van der Waals surface area (Å²) in [5, 5.41) is 5.39. The molecular formula is C41H58N2O13. The smallest absolute Gasteiger partial charge is 0.407 e. The van der Waals surface area contributed by atoms with Crippen LogP contribution in [0.5, 0.6) is 17.2 Å². The first-order valence-corrected chi connectivity index (χ1v) is 18.8. The van der Waals surface area contributed by atoms with Gasteiger partial charge in [0.1, 0.15) is 43.7 Å². The molecule has 2 aromatic carbocycles. The first kappa shape index (κ1) is 46.9. The van der Waals surface area contributed by atoms with Crippen molar-refractivity contribution in [2.24, 2.45) is 0 Å². The molecule has 0 aliphatic rings. The molecule has 0 aliphatic heterocycles. The van der Waals surface area contributed by atoms with Crippen molar-refractivity contribution in [1.82, 2.24) is 10.6 Å². The number of esters is 2. The summed E-state index contributed by atoms with van der Waals surface area (Å²) in [6.45, 7) is 14.3. The molecule has 15 heteroatoms. The number of nitrogens with one attached hydrogen (secondary N) is 2. The van der Waals surface area contributed by atoms with E-state index in [1.165, 1.54) is 6.92 Å². The normalized spacial score (nSPS) is 11.6. The Morgan fingerprint density at radius 3 is 1.59 bits per heavy atom. The molecule has 0 fully saturated rings. The van der Waals surface area contributed by atoms with Gasteiger partial charge in [-0.2, -0.15) is 0 Å². The molecule has 0 radical (unpaired) electrons. The highest BCUT2D eigenvalue weighted by Crippen LogP contribution is 2.17.